The Morgan fingerprint density at radius 3 is 1.74 bits per heavy atom. The van der Waals surface area contributed by atoms with Crippen molar-refractivity contribution in [2.24, 2.45) is 11.3 Å². The Hall–Kier alpha value is -1.96. The maximum Gasteiger partial charge on any atom is 0.174 e. The number of Topliss-reactive ketones (excluding diaryl/α,β-unsaturated/α-hetero) is 2. The van der Waals surface area contributed by atoms with Gasteiger partial charge < -0.3 is 0 Å². The number of ketones is 2. The van der Waals surface area contributed by atoms with E-state index < -0.39 is 5.92 Å². The molecule has 0 fully saturated rings. The molecule has 19 heavy (non-hydrogen) atoms. The van der Waals surface area contributed by atoms with Gasteiger partial charge in [0.25, 0.3) is 0 Å². The van der Waals surface area contributed by atoms with Crippen molar-refractivity contribution >= 4 is 22.3 Å². The third-order valence-corrected chi connectivity index (χ3v) is 3.83. The molecule has 0 spiro atoms. The van der Waals surface area contributed by atoms with Crippen molar-refractivity contribution < 1.29 is 9.59 Å². The predicted octanol–water partition coefficient (Wildman–Crippen LogP) is 3.88. The summed E-state index contributed by atoms with van der Waals surface area (Å²) < 4.78 is 0. The molecular weight excluding hydrogens is 236 g/mol. The molecule has 0 saturated carbocycles. The SMILES string of the molecule is CC(C)(C)C1C(=O)c2cccc3cccc(c23)C1=O. The largest absolute Gasteiger partial charge is 0.293 e. The highest BCUT2D eigenvalue weighted by Gasteiger charge is 2.42. The summed E-state index contributed by atoms with van der Waals surface area (Å²) >= 11 is 0. The first-order valence-corrected chi connectivity index (χ1v) is 6.51. The molecule has 0 radical (unpaired) electrons. The second kappa shape index (κ2) is 3.77. The molecule has 2 aromatic rings. The summed E-state index contributed by atoms with van der Waals surface area (Å²) in [5, 5.41) is 1.78. The molecule has 96 valence electrons. The van der Waals surface area contributed by atoms with Crippen LogP contribution in [-0.4, -0.2) is 11.6 Å². The molecule has 0 heterocycles. The summed E-state index contributed by atoms with van der Waals surface area (Å²) in [5.74, 6) is -0.656. The van der Waals surface area contributed by atoms with Crippen LogP contribution in [0.3, 0.4) is 0 Å². The minimum absolute atomic E-state index is 0.0400. The third kappa shape index (κ3) is 1.63. The lowest BCUT2D eigenvalue weighted by Gasteiger charge is -2.32. The number of carbonyl (C=O) groups is 2. The van der Waals surface area contributed by atoms with Gasteiger partial charge in [0.15, 0.2) is 11.6 Å². The molecule has 2 heteroatoms. The lowest BCUT2D eigenvalue weighted by molar-refractivity contribution is 0.0689. The molecule has 0 atom stereocenters. The van der Waals surface area contributed by atoms with Gasteiger partial charge in [-0.15, -0.1) is 0 Å². The average Bonchev–Trinajstić information content (AvgIpc) is 2.34. The first-order valence-electron chi connectivity index (χ1n) is 6.51. The van der Waals surface area contributed by atoms with Gasteiger partial charge in [0.1, 0.15) is 0 Å². The molecule has 0 saturated heterocycles. The number of benzene rings is 2. The van der Waals surface area contributed by atoms with Gasteiger partial charge in [0, 0.05) is 16.5 Å². The second-order valence-electron chi connectivity index (χ2n) is 6.24. The van der Waals surface area contributed by atoms with E-state index in [2.05, 4.69) is 0 Å². The molecule has 1 aliphatic carbocycles. The smallest absolute Gasteiger partial charge is 0.174 e. The average molecular weight is 252 g/mol. The van der Waals surface area contributed by atoms with Crippen LogP contribution in [0.1, 0.15) is 41.5 Å². The van der Waals surface area contributed by atoms with Crippen LogP contribution in [0.2, 0.25) is 0 Å². The zero-order valence-corrected chi connectivity index (χ0v) is 11.4. The Labute approximate surface area is 112 Å². The highest BCUT2D eigenvalue weighted by Crippen LogP contribution is 2.39. The van der Waals surface area contributed by atoms with Crippen LogP contribution in [0.15, 0.2) is 36.4 Å². The fraction of sp³-hybridized carbons (Fsp3) is 0.294. The van der Waals surface area contributed by atoms with Crippen molar-refractivity contribution in [2.75, 3.05) is 0 Å². The van der Waals surface area contributed by atoms with Crippen LogP contribution < -0.4 is 0 Å². The Morgan fingerprint density at radius 2 is 1.32 bits per heavy atom. The van der Waals surface area contributed by atoms with Crippen molar-refractivity contribution in [1.29, 1.82) is 0 Å². The molecular formula is C17H16O2. The van der Waals surface area contributed by atoms with Gasteiger partial charge in [-0.1, -0.05) is 57.2 Å². The van der Waals surface area contributed by atoms with E-state index in [0.29, 0.717) is 11.1 Å². The maximum atomic E-state index is 12.6. The van der Waals surface area contributed by atoms with E-state index in [1.807, 2.05) is 57.2 Å². The number of hydrogen-bond acceptors (Lipinski definition) is 2. The Balaban J connectivity index is 2.38. The van der Waals surface area contributed by atoms with Gasteiger partial charge in [0.05, 0.1) is 5.92 Å². The van der Waals surface area contributed by atoms with Crippen LogP contribution in [-0.2, 0) is 0 Å². The highest BCUT2D eigenvalue weighted by molar-refractivity contribution is 6.29. The molecule has 0 N–H and O–H groups in total. The fourth-order valence-corrected chi connectivity index (χ4v) is 2.97. The van der Waals surface area contributed by atoms with E-state index in [-0.39, 0.29) is 17.0 Å². The van der Waals surface area contributed by atoms with Gasteiger partial charge in [-0.25, -0.2) is 0 Å². The first kappa shape index (κ1) is 12.1. The minimum atomic E-state index is -0.576. The highest BCUT2D eigenvalue weighted by atomic mass is 16.2. The Kier molecular flexibility index (Phi) is 2.40. The molecule has 1 aliphatic rings. The van der Waals surface area contributed by atoms with E-state index in [1.165, 1.54) is 0 Å². The van der Waals surface area contributed by atoms with Gasteiger partial charge in [-0.3, -0.25) is 9.59 Å². The lowest BCUT2D eigenvalue weighted by Crippen LogP contribution is -2.38. The third-order valence-electron chi connectivity index (χ3n) is 3.83. The van der Waals surface area contributed by atoms with Crippen LogP contribution >= 0.6 is 0 Å². The second-order valence-corrected chi connectivity index (χ2v) is 6.24. The van der Waals surface area contributed by atoms with Gasteiger partial charge in [-0.2, -0.15) is 0 Å². The first-order chi connectivity index (χ1) is 8.91. The van der Waals surface area contributed by atoms with Crippen molar-refractivity contribution in [3.63, 3.8) is 0 Å². The van der Waals surface area contributed by atoms with E-state index in [4.69, 9.17) is 0 Å². The van der Waals surface area contributed by atoms with E-state index in [9.17, 15) is 9.59 Å². The van der Waals surface area contributed by atoms with Crippen LogP contribution in [0.4, 0.5) is 0 Å². The summed E-state index contributed by atoms with van der Waals surface area (Å²) in [6.07, 6.45) is 0. The summed E-state index contributed by atoms with van der Waals surface area (Å²) in [5.41, 5.74) is 1.02. The predicted molar refractivity (Wildman–Crippen MR) is 75.6 cm³/mol. The van der Waals surface area contributed by atoms with Crippen molar-refractivity contribution in [1.82, 2.24) is 0 Å². The normalized spacial score (nSPS) is 16.2. The quantitative estimate of drug-likeness (QED) is 0.667. The molecule has 0 unspecified atom stereocenters. The molecule has 0 aromatic heterocycles. The summed E-state index contributed by atoms with van der Waals surface area (Å²) in [4.78, 5) is 25.3. The summed E-state index contributed by atoms with van der Waals surface area (Å²) in [7, 11) is 0. The zero-order valence-electron chi connectivity index (χ0n) is 11.4. The molecule has 0 aliphatic heterocycles. The molecule has 3 rings (SSSR count). The van der Waals surface area contributed by atoms with Crippen LogP contribution in [0.5, 0.6) is 0 Å². The van der Waals surface area contributed by atoms with Crippen LogP contribution in [0.25, 0.3) is 10.8 Å². The minimum Gasteiger partial charge on any atom is -0.293 e. The molecule has 0 bridgehead atoms. The van der Waals surface area contributed by atoms with Crippen molar-refractivity contribution in [2.45, 2.75) is 20.8 Å². The van der Waals surface area contributed by atoms with Gasteiger partial charge >= 0.3 is 0 Å². The Bertz CT molecular complexity index is 654. The van der Waals surface area contributed by atoms with Crippen molar-refractivity contribution in [3.8, 4) is 0 Å². The van der Waals surface area contributed by atoms with Crippen molar-refractivity contribution in [3.05, 3.63) is 47.5 Å². The number of rotatable bonds is 0. The zero-order chi connectivity index (χ0) is 13.8. The Morgan fingerprint density at radius 1 is 0.842 bits per heavy atom. The van der Waals surface area contributed by atoms with E-state index in [0.717, 1.165) is 10.8 Å². The molecule has 0 amide bonds. The van der Waals surface area contributed by atoms with E-state index in [1.54, 1.807) is 0 Å². The van der Waals surface area contributed by atoms with Crippen LogP contribution in [0, 0.1) is 11.3 Å². The molecule has 2 aromatic carbocycles. The fourth-order valence-electron chi connectivity index (χ4n) is 2.97. The van der Waals surface area contributed by atoms with Gasteiger partial charge in [0.2, 0.25) is 0 Å². The monoisotopic (exact) mass is 252 g/mol. The molecule has 2 nitrogen and oxygen atoms in total. The summed E-state index contributed by atoms with van der Waals surface area (Å²) in [6.45, 7) is 5.84. The van der Waals surface area contributed by atoms with Gasteiger partial charge in [-0.05, 0) is 10.8 Å². The number of hydrogen-bond donors (Lipinski definition) is 0. The standard InChI is InChI=1S/C17H16O2/c1-17(2,3)14-15(18)11-8-4-6-10-7-5-9-12(13(10)11)16(14)19/h4-9,14H,1-3H3. The maximum absolute atomic E-state index is 12.6. The summed E-state index contributed by atoms with van der Waals surface area (Å²) in [6, 6.07) is 11.3. The van der Waals surface area contributed by atoms with E-state index >= 15 is 0 Å². The topological polar surface area (TPSA) is 34.1 Å². The number of carbonyl (C=O) groups excluding carboxylic acids is 2. The lowest BCUT2D eigenvalue weighted by atomic mass is 9.68.